The molecule has 0 aliphatic heterocycles. The molecule has 1 aromatic carbocycles. The second kappa shape index (κ2) is 4.83. The third kappa shape index (κ3) is 2.81. The zero-order valence-electron chi connectivity index (χ0n) is 10.6. The summed E-state index contributed by atoms with van der Waals surface area (Å²) in [4.78, 5) is 20.3. The van der Waals surface area contributed by atoms with E-state index in [-0.39, 0.29) is 16.8 Å². The molecule has 7 nitrogen and oxygen atoms in total. The van der Waals surface area contributed by atoms with Gasteiger partial charge in [0.2, 0.25) is 0 Å². The van der Waals surface area contributed by atoms with Crippen LogP contribution in [-0.4, -0.2) is 16.4 Å². The Balaban J connectivity index is 2.19. The second-order valence-electron chi connectivity index (χ2n) is 4.92. The maximum absolute atomic E-state index is 10.9. The summed E-state index contributed by atoms with van der Waals surface area (Å²) in [5.74, 6) is 0. The van der Waals surface area contributed by atoms with Crippen LogP contribution in [0.5, 0.6) is 0 Å². The van der Waals surface area contributed by atoms with E-state index in [1.54, 1.807) is 0 Å². The number of hydrogen-bond acceptors (Lipinski definition) is 5. The number of nitrogens with one attached hydrogen (secondary N) is 1. The van der Waals surface area contributed by atoms with Gasteiger partial charge in [-0.25, -0.2) is 0 Å². The highest BCUT2D eigenvalue weighted by Crippen LogP contribution is 2.48. The lowest BCUT2D eigenvalue weighted by molar-refractivity contribution is -0.393. The van der Waals surface area contributed by atoms with E-state index < -0.39 is 9.85 Å². The molecule has 0 heterocycles. The minimum Gasteiger partial charge on any atom is -0.379 e. The summed E-state index contributed by atoms with van der Waals surface area (Å²) in [6.07, 6.45) is 3.27. The summed E-state index contributed by atoms with van der Waals surface area (Å²) in [6.45, 7) is 2.76. The van der Waals surface area contributed by atoms with Crippen LogP contribution in [0.25, 0.3) is 0 Å². The molecule has 0 unspecified atom stereocenters. The number of hydrogen-bond donors (Lipinski definition) is 1. The fourth-order valence-corrected chi connectivity index (χ4v) is 2.05. The fourth-order valence-electron chi connectivity index (χ4n) is 2.05. The van der Waals surface area contributed by atoms with Crippen molar-refractivity contribution < 1.29 is 9.85 Å². The molecule has 0 atom stereocenters. The van der Waals surface area contributed by atoms with Crippen LogP contribution in [-0.2, 0) is 0 Å². The van der Waals surface area contributed by atoms with Gasteiger partial charge in [0, 0.05) is 12.6 Å². The molecule has 0 amide bonds. The first-order chi connectivity index (χ1) is 8.97. The van der Waals surface area contributed by atoms with E-state index in [9.17, 15) is 20.2 Å². The van der Waals surface area contributed by atoms with Crippen LogP contribution in [0.1, 0.15) is 26.2 Å². The topological polar surface area (TPSA) is 98.3 Å². The van der Waals surface area contributed by atoms with E-state index in [1.165, 1.54) is 12.1 Å². The Morgan fingerprint density at radius 3 is 2.42 bits per heavy atom. The lowest BCUT2D eigenvalue weighted by atomic mass is 10.0. The molecule has 0 aromatic heterocycles. The lowest BCUT2D eigenvalue weighted by Gasteiger charge is -2.14. The SMILES string of the molecule is CCC1(CNc2ccc([N+](=O)[O-])cc2[N+](=O)[O-])CC1. The van der Waals surface area contributed by atoms with Crippen LogP contribution in [0.4, 0.5) is 17.1 Å². The van der Waals surface area contributed by atoms with E-state index in [2.05, 4.69) is 12.2 Å². The van der Waals surface area contributed by atoms with Gasteiger partial charge < -0.3 is 5.32 Å². The molecule has 1 aliphatic rings. The highest BCUT2D eigenvalue weighted by atomic mass is 16.6. The number of rotatable bonds is 6. The predicted molar refractivity (Wildman–Crippen MR) is 70.2 cm³/mol. The molecule has 1 saturated carbocycles. The Labute approximate surface area is 109 Å². The summed E-state index contributed by atoms with van der Waals surface area (Å²) in [5.41, 5.74) is 0.0700. The van der Waals surface area contributed by atoms with Gasteiger partial charge in [-0.2, -0.15) is 0 Å². The van der Waals surface area contributed by atoms with Gasteiger partial charge in [0.05, 0.1) is 15.9 Å². The van der Waals surface area contributed by atoms with Crippen molar-refractivity contribution in [2.24, 2.45) is 5.41 Å². The van der Waals surface area contributed by atoms with Crippen LogP contribution >= 0.6 is 0 Å². The molecule has 7 heteroatoms. The van der Waals surface area contributed by atoms with Gasteiger partial charge in [0.25, 0.3) is 11.4 Å². The zero-order chi connectivity index (χ0) is 14.0. The normalized spacial score (nSPS) is 15.8. The van der Waals surface area contributed by atoms with Gasteiger partial charge in [0.15, 0.2) is 0 Å². The maximum atomic E-state index is 10.9. The van der Waals surface area contributed by atoms with Gasteiger partial charge >= 0.3 is 0 Å². The van der Waals surface area contributed by atoms with E-state index in [0.717, 1.165) is 25.3 Å². The Morgan fingerprint density at radius 2 is 1.95 bits per heavy atom. The number of benzene rings is 1. The third-order valence-electron chi connectivity index (χ3n) is 3.75. The van der Waals surface area contributed by atoms with Crippen LogP contribution in [0.15, 0.2) is 18.2 Å². The first-order valence-electron chi connectivity index (χ1n) is 6.14. The Kier molecular flexibility index (Phi) is 3.37. The molecule has 1 aromatic rings. The zero-order valence-corrected chi connectivity index (χ0v) is 10.6. The van der Waals surface area contributed by atoms with Crippen molar-refractivity contribution in [3.05, 3.63) is 38.4 Å². The predicted octanol–water partition coefficient (Wildman–Crippen LogP) is 3.11. The van der Waals surface area contributed by atoms with Crippen LogP contribution in [0.3, 0.4) is 0 Å². The third-order valence-corrected chi connectivity index (χ3v) is 3.75. The Bertz CT molecular complexity index is 526. The lowest BCUT2D eigenvalue weighted by Crippen LogP contribution is -2.15. The quantitative estimate of drug-likeness (QED) is 0.629. The molecule has 102 valence electrons. The number of non-ortho nitro benzene ring substituents is 1. The number of anilines is 1. The van der Waals surface area contributed by atoms with Crippen LogP contribution < -0.4 is 5.32 Å². The van der Waals surface area contributed by atoms with Gasteiger partial charge in [0.1, 0.15) is 5.69 Å². The average Bonchev–Trinajstić information content (AvgIpc) is 3.16. The molecule has 1 N–H and O–H groups in total. The molecule has 2 rings (SSSR count). The van der Waals surface area contributed by atoms with E-state index >= 15 is 0 Å². The van der Waals surface area contributed by atoms with Crippen LogP contribution in [0.2, 0.25) is 0 Å². The largest absolute Gasteiger partial charge is 0.379 e. The van der Waals surface area contributed by atoms with Gasteiger partial charge in [-0.15, -0.1) is 0 Å². The number of nitro benzene ring substituents is 2. The summed E-state index contributed by atoms with van der Waals surface area (Å²) in [6, 6.07) is 3.68. The minimum atomic E-state index is -0.634. The molecule has 0 saturated heterocycles. The smallest absolute Gasteiger partial charge is 0.299 e. The minimum absolute atomic E-state index is 0.246. The van der Waals surface area contributed by atoms with E-state index in [4.69, 9.17) is 0 Å². The molecule has 0 bridgehead atoms. The summed E-state index contributed by atoms with van der Waals surface area (Å²) in [5, 5.41) is 24.6. The van der Waals surface area contributed by atoms with Crippen LogP contribution in [0, 0.1) is 25.6 Å². The van der Waals surface area contributed by atoms with Gasteiger partial charge in [-0.05, 0) is 30.7 Å². The molecular formula is C12H15N3O4. The fraction of sp³-hybridized carbons (Fsp3) is 0.500. The number of nitro groups is 2. The van der Waals surface area contributed by atoms with Gasteiger partial charge in [-0.3, -0.25) is 20.2 Å². The first kappa shape index (κ1) is 13.3. The Hall–Kier alpha value is -2.18. The van der Waals surface area contributed by atoms with Crippen molar-refractivity contribution >= 4 is 17.1 Å². The van der Waals surface area contributed by atoms with Crippen molar-refractivity contribution in [1.29, 1.82) is 0 Å². The summed E-state index contributed by atoms with van der Waals surface area (Å²) in [7, 11) is 0. The molecule has 19 heavy (non-hydrogen) atoms. The van der Waals surface area contributed by atoms with Gasteiger partial charge in [-0.1, -0.05) is 6.92 Å². The molecule has 1 aliphatic carbocycles. The molecule has 0 radical (unpaired) electrons. The second-order valence-corrected chi connectivity index (χ2v) is 4.92. The maximum Gasteiger partial charge on any atom is 0.299 e. The Morgan fingerprint density at radius 1 is 1.26 bits per heavy atom. The van der Waals surface area contributed by atoms with E-state index in [1.807, 2.05) is 0 Å². The van der Waals surface area contributed by atoms with Crippen molar-refractivity contribution in [3.8, 4) is 0 Å². The van der Waals surface area contributed by atoms with Crippen molar-refractivity contribution in [3.63, 3.8) is 0 Å². The van der Waals surface area contributed by atoms with Crippen molar-refractivity contribution in [1.82, 2.24) is 0 Å². The molecular weight excluding hydrogens is 250 g/mol. The number of nitrogens with zero attached hydrogens (tertiary/aromatic N) is 2. The monoisotopic (exact) mass is 265 g/mol. The van der Waals surface area contributed by atoms with E-state index in [0.29, 0.717) is 12.2 Å². The molecule has 1 fully saturated rings. The highest BCUT2D eigenvalue weighted by molar-refractivity contribution is 5.65. The van der Waals surface area contributed by atoms with Crippen molar-refractivity contribution in [2.45, 2.75) is 26.2 Å². The average molecular weight is 265 g/mol. The highest BCUT2D eigenvalue weighted by Gasteiger charge is 2.40. The summed E-state index contributed by atoms with van der Waals surface area (Å²) < 4.78 is 0. The summed E-state index contributed by atoms with van der Waals surface area (Å²) >= 11 is 0. The first-order valence-corrected chi connectivity index (χ1v) is 6.14. The standard InChI is InChI=1S/C12H15N3O4/c1-2-12(5-6-12)8-13-10-4-3-9(14(16)17)7-11(10)15(18)19/h3-4,7,13H,2,5-6,8H2,1H3. The van der Waals surface area contributed by atoms with Crippen molar-refractivity contribution in [2.75, 3.05) is 11.9 Å². The molecule has 0 spiro atoms.